The van der Waals surface area contributed by atoms with Crippen molar-refractivity contribution in [2.24, 2.45) is 0 Å². The van der Waals surface area contributed by atoms with Gasteiger partial charge < -0.3 is 5.11 Å². The summed E-state index contributed by atoms with van der Waals surface area (Å²) in [4.78, 5) is 0. The summed E-state index contributed by atoms with van der Waals surface area (Å²) in [6, 6.07) is 6.58. The van der Waals surface area contributed by atoms with Gasteiger partial charge in [-0.2, -0.15) is 26.3 Å². The number of halogens is 7. The second-order valence-corrected chi connectivity index (χ2v) is 5.23. The van der Waals surface area contributed by atoms with Crippen molar-refractivity contribution >= 4 is 11.6 Å². The maximum Gasteiger partial charge on any atom is 0.425 e. The van der Waals surface area contributed by atoms with E-state index in [1.54, 1.807) is 0 Å². The highest BCUT2D eigenvalue weighted by molar-refractivity contribution is 6.30. The zero-order valence-electron chi connectivity index (χ0n) is 11.2. The SMILES string of the molecule is OC(c1ccc(C(F)(F)F)cc1)(c1cccc(Cl)c1)C(F)(F)F. The normalized spacial score (nSPS) is 15.3. The van der Waals surface area contributed by atoms with Crippen molar-refractivity contribution in [3.8, 4) is 0 Å². The van der Waals surface area contributed by atoms with E-state index in [2.05, 4.69) is 0 Å². The van der Waals surface area contributed by atoms with Crippen LogP contribution in [0.5, 0.6) is 0 Å². The zero-order chi connectivity index (χ0) is 17.5. The van der Waals surface area contributed by atoms with E-state index in [9.17, 15) is 31.4 Å². The van der Waals surface area contributed by atoms with E-state index in [4.69, 9.17) is 11.6 Å². The summed E-state index contributed by atoms with van der Waals surface area (Å²) in [5.41, 5.74) is -5.91. The van der Waals surface area contributed by atoms with Gasteiger partial charge in [0.1, 0.15) is 0 Å². The predicted octanol–water partition coefficient (Wildman–Crippen LogP) is 5.16. The van der Waals surface area contributed by atoms with Gasteiger partial charge in [0.2, 0.25) is 5.60 Å². The Balaban J connectivity index is 2.60. The molecule has 0 radical (unpaired) electrons. The molecule has 0 heterocycles. The average molecular weight is 355 g/mol. The Bertz CT molecular complexity index is 692. The first-order valence-corrected chi connectivity index (χ1v) is 6.57. The van der Waals surface area contributed by atoms with Crippen LogP contribution in [0.2, 0.25) is 5.02 Å². The van der Waals surface area contributed by atoms with E-state index >= 15 is 0 Å². The maximum absolute atomic E-state index is 13.4. The molecule has 0 bridgehead atoms. The van der Waals surface area contributed by atoms with Gasteiger partial charge in [0.25, 0.3) is 0 Å². The highest BCUT2D eigenvalue weighted by atomic mass is 35.5. The number of rotatable bonds is 2. The molecule has 1 unspecified atom stereocenters. The Kier molecular flexibility index (Phi) is 4.38. The molecule has 0 aliphatic carbocycles. The lowest BCUT2D eigenvalue weighted by Crippen LogP contribution is -2.43. The fraction of sp³-hybridized carbons (Fsp3) is 0.200. The summed E-state index contributed by atoms with van der Waals surface area (Å²) in [7, 11) is 0. The lowest BCUT2D eigenvalue weighted by Gasteiger charge is -2.31. The second-order valence-electron chi connectivity index (χ2n) is 4.79. The van der Waals surface area contributed by atoms with Crippen LogP contribution in [0.25, 0.3) is 0 Å². The largest absolute Gasteiger partial charge is 0.425 e. The van der Waals surface area contributed by atoms with Crippen LogP contribution in [0.4, 0.5) is 26.3 Å². The summed E-state index contributed by atoms with van der Waals surface area (Å²) in [5.74, 6) is 0. The smallest absolute Gasteiger partial charge is 0.372 e. The minimum Gasteiger partial charge on any atom is -0.372 e. The molecular formula is C15H9ClF6O. The van der Waals surface area contributed by atoms with Gasteiger partial charge in [0, 0.05) is 5.02 Å². The van der Waals surface area contributed by atoms with Gasteiger partial charge in [-0.15, -0.1) is 0 Å². The molecule has 23 heavy (non-hydrogen) atoms. The number of alkyl halides is 6. The van der Waals surface area contributed by atoms with Gasteiger partial charge in [-0.05, 0) is 35.4 Å². The fourth-order valence-electron chi connectivity index (χ4n) is 2.11. The van der Waals surface area contributed by atoms with Crippen molar-refractivity contribution < 1.29 is 31.4 Å². The summed E-state index contributed by atoms with van der Waals surface area (Å²) in [6.07, 6.45) is -9.84. The van der Waals surface area contributed by atoms with Crippen molar-refractivity contribution in [2.75, 3.05) is 0 Å². The number of aliphatic hydroxyl groups is 1. The number of hydrogen-bond donors (Lipinski definition) is 1. The quantitative estimate of drug-likeness (QED) is 0.739. The molecule has 0 aliphatic rings. The molecule has 2 aromatic rings. The predicted molar refractivity (Wildman–Crippen MR) is 71.9 cm³/mol. The van der Waals surface area contributed by atoms with Crippen molar-refractivity contribution in [3.63, 3.8) is 0 Å². The molecule has 2 aromatic carbocycles. The van der Waals surface area contributed by atoms with Gasteiger partial charge in [0.05, 0.1) is 5.56 Å². The third-order valence-electron chi connectivity index (χ3n) is 3.28. The summed E-state index contributed by atoms with van der Waals surface area (Å²) in [6.45, 7) is 0. The molecule has 1 N–H and O–H groups in total. The van der Waals surface area contributed by atoms with Crippen molar-refractivity contribution in [2.45, 2.75) is 18.0 Å². The van der Waals surface area contributed by atoms with Gasteiger partial charge in [-0.25, -0.2) is 0 Å². The van der Waals surface area contributed by atoms with E-state index < -0.39 is 34.6 Å². The van der Waals surface area contributed by atoms with E-state index in [1.165, 1.54) is 12.1 Å². The van der Waals surface area contributed by atoms with Gasteiger partial charge >= 0.3 is 12.4 Å². The topological polar surface area (TPSA) is 20.2 Å². The van der Waals surface area contributed by atoms with E-state index in [0.717, 1.165) is 12.1 Å². The Morgan fingerprint density at radius 3 is 1.70 bits per heavy atom. The van der Waals surface area contributed by atoms with Crippen LogP contribution in [0.1, 0.15) is 16.7 Å². The van der Waals surface area contributed by atoms with E-state index in [0.29, 0.717) is 24.3 Å². The molecule has 124 valence electrons. The van der Waals surface area contributed by atoms with Crippen LogP contribution in [0.3, 0.4) is 0 Å². The minimum absolute atomic E-state index is 0.0444. The molecule has 0 amide bonds. The highest BCUT2D eigenvalue weighted by Crippen LogP contribution is 2.45. The Morgan fingerprint density at radius 1 is 0.739 bits per heavy atom. The molecule has 0 saturated carbocycles. The van der Waals surface area contributed by atoms with Gasteiger partial charge in [-0.1, -0.05) is 35.9 Å². The summed E-state index contributed by atoms with van der Waals surface area (Å²) in [5, 5.41) is 10.2. The van der Waals surface area contributed by atoms with Crippen LogP contribution in [0, 0.1) is 0 Å². The van der Waals surface area contributed by atoms with E-state index in [1.807, 2.05) is 0 Å². The zero-order valence-corrected chi connectivity index (χ0v) is 12.0. The third kappa shape index (κ3) is 3.30. The van der Waals surface area contributed by atoms with Gasteiger partial charge in [0.15, 0.2) is 0 Å². The van der Waals surface area contributed by atoms with Gasteiger partial charge in [-0.3, -0.25) is 0 Å². The lowest BCUT2D eigenvalue weighted by molar-refractivity contribution is -0.248. The molecule has 0 aromatic heterocycles. The van der Waals surface area contributed by atoms with Crippen LogP contribution < -0.4 is 0 Å². The molecule has 0 saturated heterocycles. The minimum atomic E-state index is -5.16. The van der Waals surface area contributed by atoms with Crippen LogP contribution in [-0.2, 0) is 11.8 Å². The first kappa shape index (κ1) is 17.6. The second kappa shape index (κ2) is 5.72. The molecule has 0 fully saturated rings. The Labute approximate surface area is 132 Å². The fourth-order valence-corrected chi connectivity index (χ4v) is 2.30. The molecule has 1 nitrogen and oxygen atoms in total. The van der Waals surface area contributed by atoms with Crippen LogP contribution >= 0.6 is 11.6 Å². The monoisotopic (exact) mass is 354 g/mol. The van der Waals surface area contributed by atoms with Crippen molar-refractivity contribution in [1.29, 1.82) is 0 Å². The van der Waals surface area contributed by atoms with Crippen molar-refractivity contribution in [1.82, 2.24) is 0 Å². The van der Waals surface area contributed by atoms with Crippen LogP contribution in [-0.4, -0.2) is 11.3 Å². The number of hydrogen-bond acceptors (Lipinski definition) is 1. The molecule has 2 rings (SSSR count). The molecular weight excluding hydrogens is 346 g/mol. The summed E-state index contributed by atoms with van der Waals surface area (Å²) < 4.78 is 77.9. The Morgan fingerprint density at radius 2 is 1.26 bits per heavy atom. The molecule has 0 aliphatic heterocycles. The highest BCUT2D eigenvalue weighted by Gasteiger charge is 2.56. The molecule has 8 heteroatoms. The standard InChI is InChI=1S/C15H9ClF6O/c16-12-3-1-2-11(8-12)13(23,15(20,21)22)9-4-6-10(7-5-9)14(17,18)19/h1-8,23H. The molecule has 1 atom stereocenters. The van der Waals surface area contributed by atoms with E-state index in [-0.39, 0.29) is 5.02 Å². The first-order chi connectivity index (χ1) is 10.5. The van der Waals surface area contributed by atoms with Crippen molar-refractivity contribution in [3.05, 3.63) is 70.2 Å². The average Bonchev–Trinajstić information content (AvgIpc) is 2.44. The maximum atomic E-state index is 13.4. The lowest BCUT2D eigenvalue weighted by atomic mass is 9.85. The molecule has 0 spiro atoms. The number of benzene rings is 2. The third-order valence-corrected chi connectivity index (χ3v) is 3.52. The first-order valence-electron chi connectivity index (χ1n) is 6.19. The Hall–Kier alpha value is -1.73. The summed E-state index contributed by atoms with van der Waals surface area (Å²) >= 11 is 5.65. The van der Waals surface area contributed by atoms with Crippen LogP contribution in [0.15, 0.2) is 48.5 Å².